The SMILES string of the molecule is Cc1nc(Nc2ccc(OC(F)(F)F)cc2)ncc1Br. The van der Waals surface area contributed by atoms with Crippen molar-refractivity contribution in [2.45, 2.75) is 13.3 Å². The van der Waals surface area contributed by atoms with Crippen molar-refractivity contribution in [3.05, 3.63) is 40.6 Å². The maximum absolute atomic E-state index is 12.0. The quantitative estimate of drug-likeness (QED) is 0.904. The fraction of sp³-hybridized carbons (Fsp3) is 0.167. The van der Waals surface area contributed by atoms with Crippen molar-refractivity contribution in [3.63, 3.8) is 0 Å². The molecule has 106 valence electrons. The summed E-state index contributed by atoms with van der Waals surface area (Å²) in [6.45, 7) is 1.80. The van der Waals surface area contributed by atoms with Gasteiger partial charge in [-0.1, -0.05) is 0 Å². The molecular formula is C12H9BrF3N3O. The largest absolute Gasteiger partial charge is 0.573 e. The molecule has 0 unspecified atom stereocenters. The third-order valence-corrected chi connectivity index (χ3v) is 3.04. The number of anilines is 2. The molecule has 2 rings (SSSR count). The van der Waals surface area contributed by atoms with Crippen molar-refractivity contribution in [2.75, 3.05) is 5.32 Å². The van der Waals surface area contributed by atoms with Crippen molar-refractivity contribution >= 4 is 27.6 Å². The molecule has 0 amide bonds. The minimum Gasteiger partial charge on any atom is -0.406 e. The average Bonchev–Trinajstić information content (AvgIpc) is 2.35. The average molecular weight is 348 g/mol. The number of nitrogens with zero attached hydrogens (tertiary/aromatic N) is 2. The summed E-state index contributed by atoms with van der Waals surface area (Å²) in [6.07, 6.45) is -3.10. The van der Waals surface area contributed by atoms with Gasteiger partial charge in [-0.3, -0.25) is 0 Å². The Bertz CT molecular complexity index is 602. The van der Waals surface area contributed by atoms with Crippen LogP contribution in [0.25, 0.3) is 0 Å². The minimum absolute atomic E-state index is 0.282. The van der Waals surface area contributed by atoms with Crippen LogP contribution in [0.15, 0.2) is 34.9 Å². The lowest BCUT2D eigenvalue weighted by Gasteiger charge is -2.10. The molecule has 0 saturated carbocycles. The molecule has 1 N–H and O–H groups in total. The summed E-state index contributed by atoms with van der Waals surface area (Å²) < 4.78 is 40.6. The highest BCUT2D eigenvalue weighted by Gasteiger charge is 2.30. The van der Waals surface area contributed by atoms with Crippen LogP contribution in [0.2, 0.25) is 0 Å². The predicted octanol–water partition coefficient (Wildman–Crippen LogP) is 4.19. The van der Waals surface area contributed by atoms with Crippen LogP contribution < -0.4 is 10.1 Å². The van der Waals surface area contributed by atoms with Gasteiger partial charge in [0.25, 0.3) is 0 Å². The zero-order valence-corrected chi connectivity index (χ0v) is 11.8. The molecule has 0 saturated heterocycles. The van der Waals surface area contributed by atoms with E-state index in [2.05, 4.69) is 36.0 Å². The summed E-state index contributed by atoms with van der Waals surface area (Å²) in [4.78, 5) is 8.21. The maximum atomic E-state index is 12.0. The third-order valence-electron chi connectivity index (χ3n) is 2.26. The van der Waals surface area contributed by atoms with Crippen LogP contribution in [0.1, 0.15) is 5.69 Å². The van der Waals surface area contributed by atoms with Crippen LogP contribution in [0.5, 0.6) is 5.75 Å². The number of halogens is 4. The van der Waals surface area contributed by atoms with Gasteiger partial charge >= 0.3 is 6.36 Å². The number of hydrogen-bond donors (Lipinski definition) is 1. The zero-order chi connectivity index (χ0) is 14.8. The Hall–Kier alpha value is -1.83. The third kappa shape index (κ3) is 4.09. The van der Waals surface area contributed by atoms with E-state index < -0.39 is 6.36 Å². The van der Waals surface area contributed by atoms with Crippen molar-refractivity contribution < 1.29 is 17.9 Å². The molecular weight excluding hydrogens is 339 g/mol. The summed E-state index contributed by atoms with van der Waals surface area (Å²) in [7, 11) is 0. The highest BCUT2D eigenvalue weighted by atomic mass is 79.9. The molecule has 0 fully saturated rings. The molecule has 1 aromatic heterocycles. The molecule has 2 aromatic rings. The normalized spacial score (nSPS) is 11.2. The van der Waals surface area contributed by atoms with E-state index in [1.807, 2.05) is 0 Å². The van der Waals surface area contributed by atoms with Crippen LogP contribution in [0.4, 0.5) is 24.8 Å². The summed E-state index contributed by atoms with van der Waals surface area (Å²) in [6, 6.07) is 5.31. The Kier molecular flexibility index (Phi) is 4.12. The zero-order valence-electron chi connectivity index (χ0n) is 10.2. The summed E-state index contributed by atoms with van der Waals surface area (Å²) in [5, 5.41) is 2.88. The fourth-order valence-corrected chi connectivity index (χ4v) is 1.57. The van der Waals surface area contributed by atoms with E-state index in [9.17, 15) is 13.2 Å². The lowest BCUT2D eigenvalue weighted by Crippen LogP contribution is -2.17. The minimum atomic E-state index is -4.69. The Morgan fingerprint density at radius 1 is 1.20 bits per heavy atom. The van der Waals surface area contributed by atoms with E-state index >= 15 is 0 Å². The van der Waals surface area contributed by atoms with Crippen LogP contribution in [-0.4, -0.2) is 16.3 Å². The number of hydrogen-bond acceptors (Lipinski definition) is 4. The lowest BCUT2D eigenvalue weighted by atomic mass is 10.3. The first-order valence-electron chi connectivity index (χ1n) is 5.45. The molecule has 1 aromatic carbocycles. The smallest absolute Gasteiger partial charge is 0.406 e. The van der Waals surface area contributed by atoms with Crippen LogP contribution >= 0.6 is 15.9 Å². The molecule has 1 heterocycles. The van der Waals surface area contributed by atoms with Crippen molar-refractivity contribution in [2.24, 2.45) is 0 Å². The number of benzene rings is 1. The Labute approximate surface area is 121 Å². The molecule has 0 bridgehead atoms. The number of aromatic nitrogens is 2. The van der Waals surface area contributed by atoms with Gasteiger partial charge in [-0.15, -0.1) is 13.2 Å². The van der Waals surface area contributed by atoms with Crippen molar-refractivity contribution in [1.29, 1.82) is 0 Å². The van der Waals surface area contributed by atoms with Gasteiger partial charge in [0.2, 0.25) is 5.95 Å². The van der Waals surface area contributed by atoms with E-state index in [4.69, 9.17) is 0 Å². The van der Waals surface area contributed by atoms with E-state index in [0.29, 0.717) is 11.6 Å². The van der Waals surface area contributed by atoms with Gasteiger partial charge < -0.3 is 10.1 Å². The van der Waals surface area contributed by atoms with Crippen molar-refractivity contribution in [3.8, 4) is 5.75 Å². The van der Waals surface area contributed by atoms with Gasteiger partial charge in [-0.05, 0) is 47.1 Å². The first-order valence-corrected chi connectivity index (χ1v) is 6.25. The lowest BCUT2D eigenvalue weighted by molar-refractivity contribution is -0.274. The second-order valence-electron chi connectivity index (χ2n) is 3.82. The second-order valence-corrected chi connectivity index (χ2v) is 4.68. The molecule has 4 nitrogen and oxygen atoms in total. The van der Waals surface area contributed by atoms with Gasteiger partial charge in [0.1, 0.15) is 5.75 Å². The van der Waals surface area contributed by atoms with Crippen LogP contribution in [-0.2, 0) is 0 Å². The van der Waals surface area contributed by atoms with Crippen LogP contribution in [0.3, 0.4) is 0 Å². The molecule has 20 heavy (non-hydrogen) atoms. The fourth-order valence-electron chi connectivity index (χ4n) is 1.38. The number of nitrogens with one attached hydrogen (secondary N) is 1. The summed E-state index contributed by atoms with van der Waals surface area (Å²) in [5.41, 5.74) is 1.31. The van der Waals surface area contributed by atoms with Gasteiger partial charge in [-0.2, -0.15) is 0 Å². The Morgan fingerprint density at radius 2 is 1.85 bits per heavy atom. The molecule has 0 aliphatic rings. The van der Waals surface area contributed by atoms with Crippen LogP contribution in [0, 0.1) is 6.92 Å². The summed E-state index contributed by atoms with van der Waals surface area (Å²) >= 11 is 3.28. The van der Waals surface area contributed by atoms with E-state index in [1.165, 1.54) is 24.3 Å². The Balaban J connectivity index is 2.08. The molecule has 0 aliphatic carbocycles. The number of alkyl halides is 3. The monoisotopic (exact) mass is 347 g/mol. The van der Waals surface area contributed by atoms with E-state index in [0.717, 1.165) is 10.2 Å². The van der Waals surface area contributed by atoms with Gasteiger partial charge in [0, 0.05) is 11.9 Å². The molecule has 8 heteroatoms. The second kappa shape index (κ2) is 5.66. The maximum Gasteiger partial charge on any atom is 0.573 e. The van der Waals surface area contributed by atoms with Gasteiger partial charge in [0.15, 0.2) is 0 Å². The highest BCUT2D eigenvalue weighted by molar-refractivity contribution is 9.10. The predicted molar refractivity (Wildman–Crippen MR) is 70.9 cm³/mol. The molecule has 0 spiro atoms. The molecule has 0 aliphatic heterocycles. The topological polar surface area (TPSA) is 47.0 Å². The van der Waals surface area contributed by atoms with Crippen molar-refractivity contribution in [1.82, 2.24) is 9.97 Å². The molecule has 0 atom stereocenters. The standard InChI is InChI=1S/C12H9BrF3N3O/c1-7-10(13)6-17-11(18-7)19-8-2-4-9(5-3-8)20-12(14,15)16/h2-6H,1H3,(H,17,18,19). The first-order chi connectivity index (χ1) is 9.33. The van der Waals surface area contributed by atoms with Gasteiger partial charge in [0.05, 0.1) is 10.2 Å². The highest BCUT2D eigenvalue weighted by Crippen LogP contribution is 2.25. The van der Waals surface area contributed by atoms with E-state index in [-0.39, 0.29) is 5.75 Å². The number of ether oxygens (including phenoxy) is 1. The molecule has 0 radical (unpaired) electrons. The van der Waals surface area contributed by atoms with E-state index in [1.54, 1.807) is 13.1 Å². The number of rotatable bonds is 3. The number of aryl methyl sites for hydroxylation is 1. The Morgan fingerprint density at radius 3 is 2.40 bits per heavy atom. The van der Waals surface area contributed by atoms with Gasteiger partial charge in [-0.25, -0.2) is 9.97 Å². The summed E-state index contributed by atoms with van der Waals surface area (Å²) in [5.74, 6) is 0.0751. The first kappa shape index (κ1) is 14.6.